The summed E-state index contributed by atoms with van der Waals surface area (Å²) in [5, 5.41) is 3.31. The van der Waals surface area contributed by atoms with Crippen molar-refractivity contribution in [1.82, 2.24) is 9.62 Å². The predicted molar refractivity (Wildman–Crippen MR) is 99.8 cm³/mol. The van der Waals surface area contributed by atoms with Crippen molar-refractivity contribution >= 4 is 27.3 Å². The van der Waals surface area contributed by atoms with E-state index in [4.69, 9.17) is 0 Å². The molecule has 0 radical (unpaired) electrons. The summed E-state index contributed by atoms with van der Waals surface area (Å²) in [7, 11) is -3.70. The van der Waals surface area contributed by atoms with Crippen LogP contribution in [0.1, 0.15) is 41.5 Å². The molecule has 0 aromatic carbocycles. The van der Waals surface area contributed by atoms with Gasteiger partial charge in [-0.25, -0.2) is 8.42 Å². The number of carbonyl (C=O) groups is 1. The van der Waals surface area contributed by atoms with E-state index in [0.717, 1.165) is 6.54 Å². The normalized spacial score (nSPS) is 29.4. The number of sulfonamides is 1. The third-order valence-corrected chi connectivity index (χ3v) is 8.27. The molecule has 1 saturated carbocycles. The monoisotopic (exact) mass is 384 g/mol. The number of piperidine rings is 1. The highest BCUT2D eigenvalue weighted by molar-refractivity contribution is 7.89. The molecule has 1 amide bonds. The van der Waals surface area contributed by atoms with Crippen LogP contribution < -0.4 is 4.72 Å². The molecule has 0 spiro atoms. The lowest BCUT2D eigenvalue weighted by atomic mass is 9.86. The van der Waals surface area contributed by atoms with Gasteiger partial charge in [-0.15, -0.1) is 0 Å². The first-order chi connectivity index (χ1) is 11.4. The van der Waals surface area contributed by atoms with Crippen molar-refractivity contribution in [3.05, 3.63) is 16.8 Å². The van der Waals surface area contributed by atoms with Crippen LogP contribution >= 0.6 is 11.3 Å². The molecule has 0 bridgehead atoms. The molecule has 2 aliphatic rings. The maximum Gasteiger partial charge on any atom is 0.242 e. The molecule has 1 aromatic rings. The van der Waals surface area contributed by atoms with Crippen LogP contribution in [0.2, 0.25) is 0 Å². The summed E-state index contributed by atoms with van der Waals surface area (Å²) in [5.74, 6) is 0.938. The first-order valence-electron chi connectivity index (χ1n) is 8.72. The second kappa shape index (κ2) is 5.79. The highest BCUT2D eigenvalue weighted by atomic mass is 32.2. The number of thiophene rings is 1. The minimum atomic E-state index is -3.70. The van der Waals surface area contributed by atoms with Gasteiger partial charge in [0.2, 0.25) is 15.9 Å². The predicted octanol–water partition coefficient (Wildman–Crippen LogP) is 2.94. The summed E-state index contributed by atoms with van der Waals surface area (Å²) in [6.07, 6.45) is 0. The van der Waals surface area contributed by atoms with Crippen LogP contribution in [0.5, 0.6) is 0 Å². The summed E-state index contributed by atoms with van der Waals surface area (Å²) in [4.78, 5) is 15.3. The summed E-state index contributed by atoms with van der Waals surface area (Å²) in [5.41, 5.74) is -0.216. The second-order valence-electron chi connectivity index (χ2n) is 9.06. The minimum absolute atomic E-state index is 0.109. The Morgan fingerprint density at radius 2 is 2.04 bits per heavy atom. The van der Waals surface area contributed by atoms with Crippen molar-refractivity contribution in [2.75, 3.05) is 6.54 Å². The van der Waals surface area contributed by atoms with Gasteiger partial charge in [-0.3, -0.25) is 4.79 Å². The number of hydrogen-bond acceptors (Lipinski definition) is 4. The standard InChI is InChI=1S/C18H28N2O3S2/c1-11-14-13(18(14,5)6)9-20(11)16(21)15(17(2,3)4)19-25(22,23)12-7-8-24-10-12/h7-8,10-11,13-15,19H,9H2,1-6H3/t11-,13?,14-,15-/m1/s1. The number of rotatable bonds is 4. The molecule has 4 atom stereocenters. The third kappa shape index (κ3) is 3.15. The number of amides is 1. The zero-order valence-electron chi connectivity index (χ0n) is 15.7. The van der Waals surface area contributed by atoms with Crippen molar-refractivity contribution in [2.45, 2.75) is 58.5 Å². The van der Waals surface area contributed by atoms with E-state index in [-0.39, 0.29) is 16.8 Å². The summed E-state index contributed by atoms with van der Waals surface area (Å²) in [6.45, 7) is 13.0. The molecular formula is C18H28N2O3S2. The van der Waals surface area contributed by atoms with Crippen LogP contribution in [0, 0.1) is 22.7 Å². The van der Waals surface area contributed by atoms with Gasteiger partial charge >= 0.3 is 0 Å². The topological polar surface area (TPSA) is 66.5 Å². The van der Waals surface area contributed by atoms with Gasteiger partial charge in [-0.2, -0.15) is 16.1 Å². The van der Waals surface area contributed by atoms with Gasteiger partial charge in [0.15, 0.2) is 0 Å². The van der Waals surface area contributed by atoms with Crippen molar-refractivity contribution in [3.8, 4) is 0 Å². The zero-order chi connectivity index (χ0) is 18.8. The van der Waals surface area contributed by atoms with E-state index in [2.05, 4.69) is 25.5 Å². The molecule has 5 nitrogen and oxygen atoms in total. The van der Waals surface area contributed by atoms with Gasteiger partial charge in [0.1, 0.15) is 6.04 Å². The van der Waals surface area contributed by atoms with Crippen LogP contribution in [0.25, 0.3) is 0 Å². The van der Waals surface area contributed by atoms with Crippen LogP contribution in [0.4, 0.5) is 0 Å². The Morgan fingerprint density at radius 1 is 1.40 bits per heavy atom. The maximum absolute atomic E-state index is 13.2. The molecular weight excluding hydrogens is 356 g/mol. The van der Waals surface area contributed by atoms with Crippen molar-refractivity contribution in [2.24, 2.45) is 22.7 Å². The Kier molecular flexibility index (Phi) is 4.37. The Hall–Kier alpha value is -0.920. The van der Waals surface area contributed by atoms with E-state index in [1.165, 1.54) is 11.3 Å². The molecule has 7 heteroatoms. The minimum Gasteiger partial charge on any atom is -0.338 e. The largest absolute Gasteiger partial charge is 0.338 e. The molecule has 1 aromatic heterocycles. The van der Waals surface area contributed by atoms with Gasteiger partial charge in [0.05, 0.1) is 4.90 Å². The van der Waals surface area contributed by atoms with Crippen molar-refractivity contribution in [3.63, 3.8) is 0 Å². The first kappa shape index (κ1) is 18.9. The van der Waals surface area contributed by atoms with Gasteiger partial charge in [-0.05, 0) is 41.0 Å². The fraction of sp³-hybridized carbons (Fsp3) is 0.722. The molecule has 1 unspecified atom stereocenters. The van der Waals surface area contributed by atoms with Gasteiger partial charge < -0.3 is 4.90 Å². The Morgan fingerprint density at radius 3 is 2.48 bits per heavy atom. The molecule has 2 heterocycles. The van der Waals surface area contributed by atoms with Crippen LogP contribution in [0.15, 0.2) is 21.7 Å². The SMILES string of the molecule is C[C@@H]1[C@@H]2C(CN1C(=O)[C@@H](NS(=O)(=O)c1ccsc1)C(C)(C)C)C2(C)C. The maximum atomic E-state index is 13.2. The van der Waals surface area contributed by atoms with Crippen molar-refractivity contribution < 1.29 is 13.2 Å². The molecule has 1 N–H and O–H groups in total. The fourth-order valence-corrected chi connectivity index (χ4v) is 6.77. The first-order valence-corrected chi connectivity index (χ1v) is 11.1. The zero-order valence-corrected chi connectivity index (χ0v) is 17.4. The molecule has 25 heavy (non-hydrogen) atoms. The molecule has 1 saturated heterocycles. The van der Waals surface area contributed by atoms with Crippen LogP contribution in [0.3, 0.4) is 0 Å². The average molecular weight is 385 g/mol. The van der Waals surface area contributed by atoms with E-state index in [1.54, 1.807) is 16.8 Å². The highest BCUT2D eigenvalue weighted by Gasteiger charge is 2.66. The fourth-order valence-electron chi connectivity index (χ4n) is 4.35. The van der Waals surface area contributed by atoms with Gasteiger partial charge in [0, 0.05) is 18.0 Å². The molecule has 140 valence electrons. The lowest BCUT2D eigenvalue weighted by molar-refractivity contribution is -0.137. The number of fused-ring (bicyclic) bond motifs is 1. The summed E-state index contributed by atoms with van der Waals surface area (Å²) in [6, 6.07) is 0.941. The van der Waals surface area contributed by atoms with E-state index in [0.29, 0.717) is 17.3 Å². The number of carbonyl (C=O) groups excluding carboxylic acids is 1. The van der Waals surface area contributed by atoms with Crippen LogP contribution in [-0.4, -0.2) is 37.9 Å². The smallest absolute Gasteiger partial charge is 0.242 e. The molecule has 2 fully saturated rings. The number of nitrogens with one attached hydrogen (secondary N) is 1. The Bertz CT molecular complexity index is 763. The lowest BCUT2D eigenvalue weighted by Gasteiger charge is -2.37. The highest BCUT2D eigenvalue weighted by Crippen LogP contribution is 2.64. The number of likely N-dealkylation sites (tertiary alicyclic amines) is 1. The lowest BCUT2D eigenvalue weighted by Crippen LogP contribution is -2.56. The van der Waals surface area contributed by atoms with E-state index >= 15 is 0 Å². The Labute approximate surface area is 154 Å². The molecule has 3 rings (SSSR count). The van der Waals surface area contributed by atoms with Gasteiger partial charge in [0.25, 0.3) is 0 Å². The second-order valence-corrected chi connectivity index (χ2v) is 11.6. The summed E-state index contributed by atoms with van der Waals surface area (Å²) < 4.78 is 28.0. The molecule has 1 aliphatic carbocycles. The average Bonchev–Trinajstić information content (AvgIpc) is 2.93. The number of nitrogens with zero attached hydrogens (tertiary/aromatic N) is 1. The third-order valence-electron chi connectivity index (χ3n) is 6.02. The van der Waals surface area contributed by atoms with Gasteiger partial charge in [-0.1, -0.05) is 34.6 Å². The van der Waals surface area contributed by atoms with Crippen molar-refractivity contribution in [1.29, 1.82) is 0 Å². The quantitative estimate of drug-likeness (QED) is 0.868. The van der Waals surface area contributed by atoms with Crippen LogP contribution in [-0.2, 0) is 14.8 Å². The van der Waals surface area contributed by atoms with E-state index in [9.17, 15) is 13.2 Å². The van der Waals surface area contributed by atoms with E-state index < -0.39 is 21.5 Å². The summed E-state index contributed by atoms with van der Waals surface area (Å²) >= 11 is 1.33. The number of hydrogen-bond donors (Lipinski definition) is 1. The Balaban J connectivity index is 1.82. The van der Waals surface area contributed by atoms with E-state index in [1.807, 2.05) is 25.7 Å². The molecule has 1 aliphatic heterocycles.